The molecule has 0 spiro atoms. The molecule has 0 aliphatic carbocycles. The summed E-state index contributed by atoms with van der Waals surface area (Å²) in [5.41, 5.74) is 2.63. The number of anilines is 1. The van der Waals surface area contributed by atoms with Crippen LogP contribution in [0.1, 0.15) is 24.8 Å². The summed E-state index contributed by atoms with van der Waals surface area (Å²) in [7, 11) is 0. The van der Waals surface area contributed by atoms with E-state index in [2.05, 4.69) is 46.3 Å². The van der Waals surface area contributed by atoms with Crippen LogP contribution in [0.3, 0.4) is 0 Å². The zero-order valence-corrected chi connectivity index (χ0v) is 14.6. The Bertz CT molecular complexity index is 555. The SMILES string of the molecule is Cc1ccccc1N1CCC(CNC(=O)CN2CCC(O)CC2)C1. The normalized spacial score (nSPS) is 22.8. The van der Waals surface area contributed by atoms with Crippen LogP contribution in [0.4, 0.5) is 5.69 Å². The summed E-state index contributed by atoms with van der Waals surface area (Å²) in [6, 6.07) is 8.50. The first-order valence-electron chi connectivity index (χ1n) is 9.09. The fourth-order valence-corrected chi connectivity index (χ4v) is 3.73. The summed E-state index contributed by atoms with van der Waals surface area (Å²) in [4.78, 5) is 16.7. The minimum absolute atomic E-state index is 0.112. The smallest absolute Gasteiger partial charge is 0.234 e. The molecule has 132 valence electrons. The van der Waals surface area contributed by atoms with E-state index in [1.54, 1.807) is 0 Å². The van der Waals surface area contributed by atoms with Gasteiger partial charge in [0.15, 0.2) is 0 Å². The molecule has 0 aromatic heterocycles. The van der Waals surface area contributed by atoms with Crippen molar-refractivity contribution in [3.8, 4) is 0 Å². The molecule has 5 nitrogen and oxygen atoms in total. The second kappa shape index (κ2) is 7.99. The van der Waals surface area contributed by atoms with E-state index >= 15 is 0 Å². The van der Waals surface area contributed by atoms with Gasteiger partial charge in [-0.2, -0.15) is 0 Å². The van der Waals surface area contributed by atoms with Gasteiger partial charge in [-0.3, -0.25) is 9.69 Å². The van der Waals surface area contributed by atoms with Crippen LogP contribution in [0.2, 0.25) is 0 Å². The number of para-hydroxylation sites is 1. The van der Waals surface area contributed by atoms with Gasteiger partial charge in [0, 0.05) is 38.4 Å². The van der Waals surface area contributed by atoms with E-state index in [1.807, 2.05) is 0 Å². The number of aliphatic hydroxyl groups is 1. The van der Waals surface area contributed by atoms with Crippen molar-refractivity contribution in [2.45, 2.75) is 32.3 Å². The number of piperidine rings is 1. The van der Waals surface area contributed by atoms with E-state index in [0.717, 1.165) is 52.0 Å². The molecule has 2 fully saturated rings. The van der Waals surface area contributed by atoms with Crippen LogP contribution in [0.5, 0.6) is 0 Å². The summed E-state index contributed by atoms with van der Waals surface area (Å²) in [5.74, 6) is 0.637. The van der Waals surface area contributed by atoms with E-state index in [0.29, 0.717) is 12.5 Å². The molecule has 0 bridgehead atoms. The van der Waals surface area contributed by atoms with Gasteiger partial charge in [0.25, 0.3) is 0 Å². The molecule has 1 aromatic rings. The molecule has 2 heterocycles. The predicted molar refractivity (Wildman–Crippen MR) is 96.2 cm³/mol. The Labute approximate surface area is 144 Å². The predicted octanol–water partition coefficient (Wildman–Crippen LogP) is 1.39. The number of nitrogens with one attached hydrogen (secondary N) is 1. The van der Waals surface area contributed by atoms with Gasteiger partial charge in [0.1, 0.15) is 0 Å². The highest BCUT2D eigenvalue weighted by atomic mass is 16.3. The number of aryl methyl sites for hydroxylation is 1. The molecular formula is C19H29N3O2. The third-order valence-electron chi connectivity index (χ3n) is 5.25. The fraction of sp³-hybridized carbons (Fsp3) is 0.632. The average molecular weight is 331 g/mol. The molecule has 1 unspecified atom stereocenters. The second-order valence-corrected chi connectivity index (χ2v) is 7.20. The highest BCUT2D eigenvalue weighted by Gasteiger charge is 2.24. The Morgan fingerprint density at radius 3 is 2.71 bits per heavy atom. The molecule has 5 heteroatoms. The van der Waals surface area contributed by atoms with Crippen molar-refractivity contribution >= 4 is 11.6 Å². The average Bonchev–Trinajstić information content (AvgIpc) is 3.04. The van der Waals surface area contributed by atoms with Crippen LogP contribution < -0.4 is 10.2 Å². The Morgan fingerprint density at radius 1 is 1.21 bits per heavy atom. The second-order valence-electron chi connectivity index (χ2n) is 7.20. The number of rotatable bonds is 5. The summed E-state index contributed by atoms with van der Waals surface area (Å²) >= 11 is 0. The van der Waals surface area contributed by atoms with Gasteiger partial charge >= 0.3 is 0 Å². The van der Waals surface area contributed by atoms with Crippen LogP contribution in [-0.2, 0) is 4.79 Å². The quantitative estimate of drug-likeness (QED) is 0.856. The van der Waals surface area contributed by atoms with Crippen LogP contribution in [0, 0.1) is 12.8 Å². The molecular weight excluding hydrogens is 302 g/mol. The van der Waals surface area contributed by atoms with Gasteiger partial charge in [-0.1, -0.05) is 18.2 Å². The number of amides is 1. The Morgan fingerprint density at radius 2 is 1.96 bits per heavy atom. The van der Waals surface area contributed by atoms with Crippen molar-refractivity contribution in [2.75, 3.05) is 44.2 Å². The molecule has 2 aliphatic heterocycles. The number of hydrogen-bond acceptors (Lipinski definition) is 4. The largest absolute Gasteiger partial charge is 0.393 e. The number of carbonyl (C=O) groups excluding carboxylic acids is 1. The minimum atomic E-state index is -0.185. The molecule has 24 heavy (non-hydrogen) atoms. The van der Waals surface area contributed by atoms with Crippen LogP contribution in [0.15, 0.2) is 24.3 Å². The molecule has 2 aliphatic rings. The number of aliphatic hydroxyl groups excluding tert-OH is 1. The molecule has 0 saturated carbocycles. The lowest BCUT2D eigenvalue weighted by Crippen LogP contribution is -2.43. The van der Waals surface area contributed by atoms with E-state index in [4.69, 9.17) is 0 Å². The molecule has 1 aromatic carbocycles. The lowest BCUT2D eigenvalue weighted by atomic mass is 10.1. The maximum Gasteiger partial charge on any atom is 0.234 e. The molecule has 3 rings (SSSR count). The topological polar surface area (TPSA) is 55.8 Å². The van der Waals surface area contributed by atoms with Crippen molar-refractivity contribution in [1.82, 2.24) is 10.2 Å². The van der Waals surface area contributed by atoms with Crippen molar-refractivity contribution in [1.29, 1.82) is 0 Å². The maximum atomic E-state index is 12.1. The first kappa shape index (κ1) is 17.2. The van der Waals surface area contributed by atoms with Gasteiger partial charge in [0.2, 0.25) is 5.91 Å². The van der Waals surface area contributed by atoms with Gasteiger partial charge in [0.05, 0.1) is 12.6 Å². The number of carbonyl (C=O) groups is 1. The van der Waals surface area contributed by atoms with Crippen molar-refractivity contribution in [2.24, 2.45) is 5.92 Å². The third-order valence-corrected chi connectivity index (χ3v) is 5.25. The van der Waals surface area contributed by atoms with Crippen LogP contribution in [-0.4, -0.2) is 61.3 Å². The summed E-state index contributed by atoms with van der Waals surface area (Å²) in [5, 5.41) is 12.6. The van der Waals surface area contributed by atoms with Gasteiger partial charge in [-0.25, -0.2) is 0 Å². The van der Waals surface area contributed by atoms with Gasteiger partial charge < -0.3 is 15.3 Å². The first-order valence-corrected chi connectivity index (χ1v) is 9.09. The van der Waals surface area contributed by atoms with Crippen LogP contribution in [0.25, 0.3) is 0 Å². The van der Waals surface area contributed by atoms with Gasteiger partial charge in [-0.05, 0) is 43.7 Å². The van der Waals surface area contributed by atoms with Crippen LogP contribution >= 0.6 is 0 Å². The summed E-state index contributed by atoms with van der Waals surface area (Å²) in [6.07, 6.45) is 2.50. The lowest BCUT2D eigenvalue weighted by molar-refractivity contribution is -0.122. The van der Waals surface area contributed by atoms with E-state index in [9.17, 15) is 9.90 Å². The Kier molecular flexibility index (Phi) is 5.74. The molecule has 1 amide bonds. The number of hydrogen-bond donors (Lipinski definition) is 2. The number of nitrogens with zero attached hydrogens (tertiary/aromatic N) is 2. The fourth-order valence-electron chi connectivity index (χ4n) is 3.73. The molecule has 0 radical (unpaired) electrons. The van der Waals surface area contributed by atoms with Crippen molar-refractivity contribution in [3.63, 3.8) is 0 Å². The first-order chi connectivity index (χ1) is 11.6. The minimum Gasteiger partial charge on any atom is -0.393 e. The highest BCUT2D eigenvalue weighted by Crippen LogP contribution is 2.26. The summed E-state index contributed by atoms with van der Waals surface area (Å²) < 4.78 is 0. The highest BCUT2D eigenvalue weighted by molar-refractivity contribution is 5.78. The standard InChI is InChI=1S/C19H29N3O2/c1-15-4-2-3-5-18(15)22-11-6-16(13-22)12-20-19(24)14-21-9-7-17(23)8-10-21/h2-5,16-17,23H,6-14H2,1H3,(H,20,24). The van der Waals surface area contributed by atoms with Gasteiger partial charge in [-0.15, -0.1) is 0 Å². The molecule has 2 saturated heterocycles. The van der Waals surface area contributed by atoms with E-state index < -0.39 is 0 Å². The lowest BCUT2D eigenvalue weighted by Gasteiger charge is -2.28. The molecule has 2 N–H and O–H groups in total. The molecule has 1 atom stereocenters. The number of likely N-dealkylation sites (tertiary alicyclic amines) is 1. The van der Waals surface area contributed by atoms with Crippen molar-refractivity contribution < 1.29 is 9.90 Å². The third kappa shape index (κ3) is 4.48. The maximum absolute atomic E-state index is 12.1. The monoisotopic (exact) mass is 331 g/mol. The van der Waals surface area contributed by atoms with E-state index in [-0.39, 0.29) is 12.0 Å². The zero-order chi connectivity index (χ0) is 16.9. The van der Waals surface area contributed by atoms with Crippen molar-refractivity contribution in [3.05, 3.63) is 29.8 Å². The summed E-state index contributed by atoms with van der Waals surface area (Å²) in [6.45, 7) is 7.09. The zero-order valence-electron chi connectivity index (χ0n) is 14.6. The van der Waals surface area contributed by atoms with E-state index in [1.165, 1.54) is 11.3 Å². The Hall–Kier alpha value is -1.59. The number of benzene rings is 1. The Balaban J connectivity index is 1.40.